The van der Waals surface area contributed by atoms with E-state index in [1.165, 1.54) is 5.56 Å². The van der Waals surface area contributed by atoms with E-state index in [4.69, 9.17) is 9.47 Å². The molecule has 0 aliphatic carbocycles. The molecule has 3 rings (SSSR count). The Kier molecular flexibility index (Phi) is 3.18. The van der Waals surface area contributed by atoms with Crippen molar-refractivity contribution in [1.29, 1.82) is 0 Å². The highest BCUT2D eigenvalue weighted by molar-refractivity contribution is 5.47. The molecule has 2 heterocycles. The molecule has 1 saturated heterocycles. The molecule has 0 saturated carbocycles. The summed E-state index contributed by atoms with van der Waals surface area (Å²) in [4.78, 5) is 0. The van der Waals surface area contributed by atoms with E-state index in [-0.39, 0.29) is 0 Å². The Balaban J connectivity index is 1.77. The summed E-state index contributed by atoms with van der Waals surface area (Å²) in [5.74, 6) is 1.92. The zero-order valence-electron chi connectivity index (χ0n) is 10.1. The van der Waals surface area contributed by atoms with Crippen LogP contribution >= 0.6 is 0 Å². The highest BCUT2D eigenvalue weighted by Crippen LogP contribution is 2.35. The summed E-state index contributed by atoms with van der Waals surface area (Å²) < 4.78 is 11.8. The molecule has 1 fully saturated rings. The molecule has 17 heavy (non-hydrogen) atoms. The quantitative estimate of drug-likeness (QED) is 0.849. The van der Waals surface area contributed by atoms with Gasteiger partial charge in [-0.1, -0.05) is 12.1 Å². The van der Waals surface area contributed by atoms with Crippen LogP contribution in [0.25, 0.3) is 0 Å². The molecule has 92 valence electrons. The van der Waals surface area contributed by atoms with Crippen LogP contribution in [-0.4, -0.2) is 25.8 Å². The summed E-state index contributed by atoms with van der Waals surface area (Å²) >= 11 is 0. The topological polar surface area (TPSA) is 30.5 Å². The lowest BCUT2D eigenvalue weighted by Crippen LogP contribution is -2.34. The third-order valence-electron chi connectivity index (χ3n) is 3.48. The van der Waals surface area contributed by atoms with Crippen molar-refractivity contribution in [3.8, 4) is 11.5 Å². The van der Waals surface area contributed by atoms with Gasteiger partial charge in [0.1, 0.15) is 6.10 Å². The number of nitrogens with one attached hydrogen (secondary N) is 1. The van der Waals surface area contributed by atoms with Crippen LogP contribution in [0.4, 0.5) is 0 Å². The van der Waals surface area contributed by atoms with Crippen molar-refractivity contribution < 1.29 is 9.47 Å². The number of ether oxygens (including phenoxy) is 2. The first-order valence-electron chi connectivity index (χ1n) is 6.55. The number of para-hydroxylation sites is 1. The van der Waals surface area contributed by atoms with Gasteiger partial charge in [-0.05, 0) is 50.4 Å². The highest BCUT2D eigenvalue weighted by Gasteiger charge is 2.19. The van der Waals surface area contributed by atoms with Gasteiger partial charge < -0.3 is 14.8 Å². The summed E-state index contributed by atoms with van der Waals surface area (Å²) in [6.45, 7) is 2.93. The third-order valence-corrected chi connectivity index (χ3v) is 3.48. The molecule has 2 aliphatic rings. The molecule has 0 atom stereocenters. The molecule has 3 heteroatoms. The van der Waals surface area contributed by atoms with Crippen LogP contribution in [0.5, 0.6) is 11.5 Å². The Morgan fingerprint density at radius 1 is 1.24 bits per heavy atom. The Hall–Kier alpha value is -1.22. The fraction of sp³-hybridized carbons (Fsp3) is 0.571. The summed E-state index contributed by atoms with van der Waals surface area (Å²) in [6, 6.07) is 6.25. The lowest BCUT2D eigenvalue weighted by atomic mass is 10.1. The van der Waals surface area contributed by atoms with Gasteiger partial charge in [0, 0.05) is 0 Å². The SMILES string of the molecule is c1cc2c(c(OC3CCNCC3)c1)OCCC2. The number of hydrogen-bond acceptors (Lipinski definition) is 3. The molecule has 1 N–H and O–H groups in total. The minimum Gasteiger partial charge on any atom is -0.489 e. The molecule has 0 radical (unpaired) electrons. The molecule has 0 amide bonds. The van der Waals surface area contributed by atoms with Gasteiger partial charge in [-0.3, -0.25) is 0 Å². The monoisotopic (exact) mass is 233 g/mol. The van der Waals surface area contributed by atoms with Gasteiger partial charge in [0.15, 0.2) is 11.5 Å². The largest absolute Gasteiger partial charge is 0.489 e. The third kappa shape index (κ3) is 2.39. The maximum Gasteiger partial charge on any atom is 0.164 e. The van der Waals surface area contributed by atoms with Crippen LogP contribution in [-0.2, 0) is 6.42 Å². The predicted molar refractivity (Wildman–Crippen MR) is 66.8 cm³/mol. The first-order chi connectivity index (χ1) is 8.43. The van der Waals surface area contributed by atoms with Gasteiger partial charge in [0.2, 0.25) is 0 Å². The fourth-order valence-electron chi connectivity index (χ4n) is 2.54. The molecule has 3 nitrogen and oxygen atoms in total. The zero-order chi connectivity index (χ0) is 11.5. The highest BCUT2D eigenvalue weighted by atomic mass is 16.5. The van der Waals surface area contributed by atoms with E-state index in [0.717, 1.165) is 56.9 Å². The van der Waals surface area contributed by atoms with Crippen molar-refractivity contribution in [3.05, 3.63) is 23.8 Å². The normalized spacial score (nSPS) is 20.5. The molecule has 1 aromatic carbocycles. The van der Waals surface area contributed by atoms with Gasteiger partial charge in [-0.2, -0.15) is 0 Å². The van der Waals surface area contributed by atoms with Gasteiger partial charge >= 0.3 is 0 Å². The van der Waals surface area contributed by atoms with Crippen LogP contribution in [0.2, 0.25) is 0 Å². The number of fused-ring (bicyclic) bond motifs is 1. The van der Waals surface area contributed by atoms with Crippen LogP contribution in [0.15, 0.2) is 18.2 Å². The van der Waals surface area contributed by atoms with Gasteiger partial charge in [-0.15, -0.1) is 0 Å². The number of rotatable bonds is 2. The van der Waals surface area contributed by atoms with Gasteiger partial charge in [0.05, 0.1) is 6.61 Å². The summed E-state index contributed by atoms with van der Waals surface area (Å²) in [6.07, 6.45) is 4.74. The Labute approximate surface area is 102 Å². The van der Waals surface area contributed by atoms with Crippen molar-refractivity contribution in [1.82, 2.24) is 5.32 Å². The Morgan fingerprint density at radius 2 is 2.12 bits per heavy atom. The van der Waals surface area contributed by atoms with Gasteiger partial charge in [0.25, 0.3) is 0 Å². The van der Waals surface area contributed by atoms with E-state index in [2.05, 4.69) is 17.4 Å². The minimum absolute atomic E-state index is 0.341. The number of aryl methyl sites for hydroxylation is 1. The lowest BCUT2D eigenvalue weighted by Gasteiger charge is -2.26. The van der Waals surface area contributed by atoms with E-state index in [0.29, 0.717) is 6.10 Å². The number of benzene rings is 1. The minimum atomic E-state index is 0.341. The maximum absolute atomic E-state index is 6.09. The molecular weight excluding hydrogens is 214 g/mol. The van der Waals surface area contributed by atoms with Crippen LogP contribution in [0.1, 0.15) is 24.8 Å². The lowest BCUT2D eigenvalue weighted by molar-refractivity contribution is 0.151. The van der Waals surface area contributed by atoms with Crippen molar-refractivity contribution in [3.63, 3.8) is 0 Å². The first kappa shape index (κ1) is 10.9. The van der Waals surface area contributed by atoms with Crippen molar-refractivity contribution in [2.45, 2.75) is 31.8 Å². The molecule has 2 aliphatic heterocycles. The average molecular weight is 233 g/mol. The zero-order valence-corrected chi connectivity index (χ0v) is 10.1. The molecule has 1 aromatic rings. The van der Waals surface area contributed by atoms with Crippen LogP contribution in [0.3, 0.4) is 0 Å². The van der Waals surface area contributed by atoms with Crippen molar-refractivity contribution >= 4 is 0 Å². The standard InChI is InChI=1S/C14H19NO2/c1-3-11-4-2-10-16-14(11)13(5-1)17-12-6-8-15-9-7-12/h1,3,5,12,15H,2,4,6-10H2. The second-order valence-electron chi connectivity index (χ2n) is 4.76. The van der Waals surface area contributed by atoms with Crippen LogP contribution in [0, 0.1) is 0 Å². The van der Waals surface area contributed by atoms with E-state index >= 15 is 0 Å². The van der Waals surface area contributed by atoms with E-state index in [1.54, 1.807) is 0 Å². The molecule has 0 bridgehead atoms. The molecule has 0 spiro atoms. The molecule has 0 aromatic heterocycles. The van der Waals surface area contributed by atoms with E-state index < -0.39 is 0 Å². The van der Waals surface area contributed by atoms with E-state index in [1.807, 2.05) is 6.07 Å². The second kappa shape index (κ2) is 4.96. The number of hydrogen-bond donors (Lipinski definition) is 1. The van der Waals surface area contributed by atoms with E-state index in [9.17, 15) is 0 Å². The molecule has 0 unspecified atom stereocenters. The van der Waals surface area contributed by atoms with Crippen LogP contribution < -0.4 is 14.8 Å². The fourth-order valence-corrected chi connectivity index (χ4v) is 2.54. The second-order valence-corrected chi connectivity index (χ2v) is 4.76. The first-order valence-corrected chi connectivity index (χ1v) is 6.55. The van der Waals surface area contributed by atoms with Crippen molar-refractivity contribution in [2.24, 2.45) is 0 Å². The maximum atomic E-state index is 6.09. The Morgan fingerprint density at radius 3 is 3.00 bits per heavy atom. The smallest absolute Gasteiger partial charge is 0.164 e. The van der Waals surface area contributed by atoms with Crippen molar-refractivity contribution in [2.75, 3.05) is 19.7 Å². The number of piperidine rings is 1. The molecular formula is C14H19NO2. The summed E-state index contributed by atoms with van der Waals surface area (Å²) in [5.41, 5.74) is 1.29. The summed E-state index contributed by atoms with van der Waals surface area (Å²) in [5, 5.41) is 3.35. The predicted octanol–water partition coefficient (Wildman–Crippen LogP) is 2.14. The van der Waals surface area contributed by atoms with Gasteiger partial charge in [-0.25, -0.2) is 0 Å². The summed E-state index contributed by atoms with van der Waals surface area (Å²) in [7, 11) is 0. The average Bonchev–Trinajstić information content (AvgIpc) is 2.40. The Bertz CT molecular complexity index is 386.